The number of benzene rings is 1. The predicted molar refractivity (Wildman–Crippen MR) is 181 cm³/mol. The van der Waals surface area contributed by atoms with Gasteiger partial charge >= 0.3 is 17.9 Å². The van der Waals surface area contributed by atoms with E-state index in [1.54, 1.807) is 32.9 Å². The van der Waals surface area contributed by atoms with Crippen molar-refractivity contribution < 1.29 is 38.9 Å². The van der Waals surface area contributed by atoms with E-state index in [9.17, 15) is 24.3 Å². The van der Waals surface area contributed by atoms with Gasteiger partial charge in [-0.3, -0.25) is 9.59 Å². The summed E-state index contributed by atoms with van der Waals surface area (Å²) in [5, 5.41) is 18.3. The lowest BCUT2D eigenvalue weighted by atomic mass is 9.92. The summed E-state index contributed by atoms with van der Waals surface area (Å²) >= 11 is 0. The van der Waals surface area contributed by atoms with Crippen molar-refractivity contribution in [1.82, 2.24) is 0 Å². The van der Waals surface area contributed by atoms with Crippen molar-refractivity contribution in [2.75, 3.05) is 7.11 Å². The molecular formula is C36H66O8. The monoisotopic (exact) mass is 626 g/mol. The van der Waals surface area contributed by atoms with Crippen LogP contribution >= 0.6 is 0 Å². The molecule has 8 heteroatoms. The average molecular weight is 627 g/mol. The minimum Gasteiger partial charge on any atom is -0.478 e. The Morgan fingerprint density at radius 3 is 1.50 bits per heavy atom. The fourth-order valence-corrected chi connectivity index (χ4v) is 3.41. The van der Waals surface area contributed by atoms with E-state index in [-0.39, 0.29) is 49.1 Å². The number of ketones is 1. The topological polar surface area (TPSA) is 127 Å². The van der Waals surface area contributed by atoms with Gasteiger partial charge in [0.2, 0.25) is 0 Å². The molecule has 1 aromatic carbocycles. The quantitative estimate of drug-likeness (QED) is 0.234. The van der Waals surface area contributed by atoms with Crippen molar-refractivity contribution in [3.05, 3.63) is 35.4 Å². The SMILES string of the molecule is C.CC(=O)C(C)CC(C)C.CC(C)OC(=O)C(O)C(C)C(C)C.CC(C)c1ccccc1C(=O)O.COC(=O)C(C)C(C)C. The Hall–Kier alpha value is -2.74. The molecule has 258 valence electrons. The molecule has 0 saturated heterocycles. The number of carbonyl (C=O) groups is 4. The molecule has 0 aliphatic rings. The van der Waals surface area contributed by atoms with Crippen LogP contribution in [-0.4, -0.2) is 53.2 Å². The van der Waals surface area contributed by atoms with Crippen LogP contribution in [0.3, 0.4) is 0 Å². The first-order valence-electron chi connectivity index (χ1n) is 15.4. The molecule has 2 N–H and O–H groups in total. The molecule has 4 atom stereocenters. The van der Waals surface area contributed by atoms with Gasteiger partial charge < -0.3 is 19.7 Å². The van der Waals surface area contributed by atoms with Crippen molar-refractivity contribution in [2.45, 2.75) is 129 Å². The second-order valence-electron chi connectivity index (χ2n) is 12.8. The Labute approximate surface area is 269 Å². The van der Waals surface area contributed by atoms with Gasteiger partial charge in [-0.25, -0.2) is 9.59 Å². The Morgan fingerprint density at radius 1 is 0.773 bits per heavy atom. The molecule has 4 unspecified atom stereocenters. The predicted octanol–water partition coefficient (Wildman–Crippen LogP) is 8.44. The van der Waals surface area contributed by atoms with Crippen LogP contribution in [0.5, 0.6) is 0 Å². The lowest BCUT2D eigenvalue weighted by Crippen LogP contribution is -2.33. The van der Waals surface area contributed by atoms with Crippen LogP contribution in [0.15, 0.2) is 24.3 Å². The number of carboxylic acids is 1. The third-order valence-electron chi connectivity index (χ3n) is 7.05. The molecule has 0 heterocycles. The van der Waals surface area contributed by atoms with E-state index in [1.165, 1.54) is 7.11 Å². The number of carboxylic acid groups (broad SMARTS) is 1. The number of ether oxygens (including phenoxy) is 2. The highest BCUT2D eigenvalue weighted by Gasteiger charge is 2.26. The van der Waals surface area contributed by atoms with Crippen molar-refractivity contribution in [1.29, 1.82) is 0 Å². The van der Waals surface area contributed by atoms with Crippen LogP contribution in [-0.2, 0) is 23.9 Å². The zero-order valence-electron chi connectivity index (χ0n) is 29.6. The lowest BCUT2D eigenvalue weighted by Gasteiger charge is -2.21. The van der Waals surface area contributed by atoms with Gasteiger partial charge in [0.25, 0.3) is 0 Å². The van der Waals surface area contributed by atoms with Gasteiger partial charge in [-0.2, -0.15) is 0 Å². The molecule has 0 aliphatic carbocycles. The molecule has 0 spiro atoms. The number of hydrogen-bond donors (Lipinski definition) is 2. The number of aromatic carboxylic acids is 1. The molecular weight excluding hydrogens is 560 g/mol. The number of carbonyl (C=O) groups excluding carboxylic acids is 3. The van der Waals surface area contributed by atoms with E-state index in [1.807, 2.05) is 74.4 Å². The van der Waals surface area contributed by atoms with Gasteiger partial charge in [-0.1, -0.05) is 102 Å². The van der Waals surface area contributed by atoms with Gasteiger partial charge in [0.15, 0.2) is 6.10 Å². The highest BCUT2D eigenvalue weighted by Crippen LogP contribution is 2.19. The third kappa shape index (κ3) is 22.8. The van der Waals surface area contributed by atoms with E-state index in [0.29, 0.717) is 23.2 Å². The Kier molecular flexibility index (Phi) is 28.0. The zero-order chi connectivity index (χ0) is 34.6. The highest BCUT2D eigenvalue weighted by atomic mass is 16.6. The minimum atomic E-state index is -0.998. The number of aliphatic hydroxyl groups is 1. The molecule has 0 amide bonds. The van der Waals surface area contributed by atoms with Gasteiger partial charge in [0.05, 0.1) is 24.7 Å². The normalized spacial score (nSPS) is 13.1. The van der Waals surface area contributed by atoms with E-state index in [2.05, 4.69) is 18.6 Å². The number of methoxy groups -OCH3 is 1. The molecule has 0 bridgehead atoms. The van der Waals surface area contributed by atoms with E-state index in [4.69, 9.17) is 9.84 Å². The fraction of sp³-hybridized carbons (Fsp3) is 0.722. The summed E-state index contributed by atoms with van der Waals surface area (Å²) in [4.78, 5) is 43.4. The summed E-state index contributed by atoms with van der Waals surface area (Å²) in [7, 11) is 1.42. The summed E-state index contributed by atoms with van der Waals surface area (Å²) in [6.07, 6.45) is -0.140. The van der Waals surface area contributed by atoms with Crippen LogP contribution in [0, 0.1) is 35.5 Å². The maximum absolute atomic E-state index is 11.2. The van der Waals surface area contributed by atoms with Crippen molar-refractivity contribution in [3.8, 4) is 0 Å². The Bertz CT molecular complexity index is 934. The highest BCUT2D eigenvalue weighted by molar-refractivity contribution is 5.89. The second-order valence-corrected chi connectivity index (χ2v) is 12.8. The molecule has 0 aromatic heterocycles. The number of aliphatic hydroxyl groups excluding tert-OH is 1. The largest absolute Gasteiger partial charge is 0.478 e. The number of Topliss-reactive ketones (excluding diaryl/α,β-unsaturated/α-hetero) is 1. The Morgan fingerprint density at radius 2 is 1.25 bits per heavy atom. The van der Waals surface area contributed by atoms with Crippen LogP contribution < -0.4 is 0 Å². The van der Waals surface area contributed by atoms with Gasteiger partial charge in [0, 0.05) is 5.92 Å². The van der Waals surface area contributed by atoms with Crippen molar-refractivity contribution in [3.63, 3.8) is 0 Å². The number of rotatable bonds is 11. The van der Waals surface area contributed by atoms with Crippen LogP contribution in [0.1, 0.15) is 133 Å². The van der Waals surface area contributed by atoms with Crippen LogP contribution in [0.4, 0.5) is 0 Å². The molecule has 1 rings (SSSR count). The third-order valence-corrected chi connectivity index (χ3v) is 7.05. The average Bonchev–Trinajstić information content (AvgIpc) is 2.91. The van der Waals surface area contributed by atoms with Gasteiger partial charge in [-0.15, -0.1) is 0 Å². The first-order chi connectivity index (χ1) is 19.6. The summed E-state index contributed by atoms with van der Waals surface area (Å²) in [6.45, 7) is 27.1. The maximum Gasteiger partial charge on any atom is 0.335 e. The van der Waals surface area contributed by atoms with E-state index >= 15 is 0 Å². The molecule has 1 aromatic rings. The van der Waals surface area contributed by atoms with Gasteiger partial charge in [-0.05, 0) is 68.4 Å². The first-order valence-corrected chi connectivity index (χ1v) is 15.4. The van der Waals surface area contributed by atoms with Crippen LogP contribution in [0.2, 0.25) is 0 Å². The van der Waals surface area contributed by atoms with Gasteiger partial charge in [0.1, 0.15) is 5.78 Å². The second kappa shape index (κ2) is 25.6. The van der Waals surface area contributed by atoms with Crippen molar-refractivity contribution >= 4 is 23.7 Å². The molecule has 0 aliphatic heterocycles. The zero-order valence-corrected chi connectivity index (χ0v) is 29.6. The molecule has 8 nitrogen and oxygen atoms in total. The number of esters is 2. The maximum atomic E-state index is 11.2. The van der Waals surface area contributed by atoms with E-state index < -0.39 is 18.0 Å². The number of hydrogen-bond acceptors (Lipinski definition) is 7. The van der Waals surface area contributed by atoms with E-state index in [0.717, 1.165) is 12.0 Å². The summed E-state index contributed by atoms with van der Waals surface area (Å²) in [5.74, 6) is 0.587. The molecule has 44 heavy (non-hydrogen) atoms. The lowest BCUT2D eigenvalue weighted by molar-refractivity contribution is -0.161. The molecule has 0 fully saturated rings. The van der Waals surface area contributed by atoms with Crippen LogP contribution in [0.25, 0.3) is 0 Å². The standard InChI is InChI=1S/C10H20O3.C10H12O2.C8H16O.C7H14O2.CH4/c1-6(2)8(5)9(11)10(12)13-7(3)4;1-7(2)8-5-3-4-6-9(8)10(11)12;1-6(2)5-7(3)8(4)9;1-5(2)6(3)7(8)9-4;/h6-9,11H,1-5H3;3-7H,1-2H3,(H,11,12);6-7H,5H2,1-4H3;5-6H,1-4H3;1H4. The fourth-order valence-electron chi connectivity index (χ4n) is 3.41. The Balaban J connectivity index is -0.000000244. The first kappa shape index (κ1) is 48.2. The summed E-state index contributed by atoms with van der Waals surface area (Å²) < 4.78 is 9.43. The minimum absolute atomic E-state index is 0. The molecule has 0 radical (unpaired) electrons. The smallest absolute Gasteiger partial charge is 0.335 e. The van der Waals surface area contributed by atoms with Crippen molar-refractivity contribution in [2.24, 2.45) is 35.5 Å². The molecule has 0 saturated carbocycles. The summed E-state index contributed by atoms with van der Waals surface area (Å²) in [6, 6.07) is 7.10. The summed E-state index contributed by atoms with van der Waals surface area (Å²) in [5.41, 5.74) is 1.30.